The number of rotatable bonds is 8. The first-order chi connectivity index (χ1) is 18.6. The first kappa shape index (κ1) is 27.1. The highest BCUT2D eigenvalue weighted by Crippen LogP contribution is 2.43. The Morgan fingerprint density at radius 3 is 2.67 bits per heavy atom. The number of aromatic nitrogens is 5. The normalized spacial score (nSPS) is 14.4. The lowest BCUT2D eigenvalue weighted by molar-refractivity contribution is 0.0526. The summed E-state index contributed by atoms with van der Waals surface area (Å²) in [5, 5.41) is 7.27. The van der Waals surface area contributed by atoms with Crippen molar-refractivity contribution >= 4 is 57.0 Å². The summed E-state index contributed by atoms with van der Waals surface area (Å²) >= 11 is 12.6. The number of nitrogens with one attached hydrogen (secondary N) is 2. The summed E-state index contributed by atoms with van der Waals surface area (Å²) < 4.78 is 6.96. The van der Waals surface area contributed by atoms with E-state index in [9.17, 15) is 9.59 Å². The SMILES string of the molecule is CC(C)(C)OC(=O)NCCCn1c([C@@H](Nc2ncnc3ccc(Cl)nc23)C2CC2)nc2cccc(Cl)c2c1=O. The second kappa shape index (κ2) is 10.9. The summed E-state index contributed by atoms with van der Waals surface area (Å²) in [6.07, 6.45) is 3.38. The average molecular weight is 570 g/mol. The Labute approximate surface area is 235 Å². The number of hydrogen-bond acceptors (Lipinski definition) is 8. The standard InChI is InChI=1S/C27H29Cl2N7O3/c1-27(2,3)39-26(38)30-12-5-13-36-24(33-17-7-4-6-16(28)20(17)25(36)37)21(15-8-9-15)35-23-22-18(31-14-32-23)10-11-19(29)34-22/h4,6-7,10-11,14-15,21H,5,8-9,12-13H2,1-3H3,(H,30,38)(H,31,32,35)/t21-/m0/s1. The molecule has 1 amide bonds. The van der Waals surface area contributed by atoms with Crippen molar-refractivity contribution in [2.45, 2.75) is 58.2 Å². The first-order valence-corrected chi connectivity index (χ1v) is 13.6. The molecular formula is C27H29Cl2N7O3. The van der Waals surface area contributed by atoms with Crippen LogP contribution >= 0.6 is 23.2 Å². The zero-order valence-electron chi connectivity index (χ0n) is 21.9. The van der Waals surface area contributed by atoms with E-state index >= 15 is 0 Å². The Morgan fingerprint density at radius 1 is 1.13 bits per heavy atom. The third-order valence-corrected chi connectivity index (χ3v) is 6.83. The van der Waals surface area contributed by atoms with E-state index in [-0.39, 0.29) is 17.5 Å². The van der Waals surface area contributed by atoms with Gasteiger partial charge in [-0.1, -0.05) is 29.3 Å². The molecule has 1 aliphatic carbocycles. The lowest BCUT2D eigenvalue weighted by atomic mass is 10.1. The fraction of sp³-hybridized carbons (Fsp3) is 0.407. The van der Waals surface area contributed by atoms with Crippen LogP contribution in [0.1, 0.15) is 51.9 Å². The van der Waals surface area contributed by atoms with Crippen LogP contribution in [0, 0.1) is 5.92 Å². The van der Waals surface area contributed by atoms with Gasteiger partial charge in [-0.2, -0.15) is 0 Å². The number of anilines is 1. The Hall–Kier alpha value is -3.50. The molecule has 0 bridgehead atoms. The molecule has 0 unspecified atom stereocenters. The van der Waals surface area contributed by atoms with E-state index in [0.717, 1.165) is 12.8 Å². The topological polar surface area (TPSA) is 124 Å². The van der Waals surface area contributed by atoms with E-state index in [4.69, 9.17) is 32.9 Å². The van der Waals surface area contributed by atoms with Crippen molar-refractivity contribution in [3.05, 3.63) is 63.0 Å². The lowest BCUT2D eigenvalue weighted by Gasteiger charge is -2.24. The number of fused-ring (bicyclic) bond motifs is 2. The molecule has 1 aromatic carbocycles. The Bertz CT molecular complexity index is 1600. The summed E-state index contributed by atoms with van der Waals surface area (Å²) in [6, 6.07) is 8.38. The zero-order valence-corrected chi connectivity index (χ0v) is 23.4. The summed E-state index contributed by atoms with van der Waals surface area (Å²) in [7, 11) is 0. The highest BCUT2D eigenvalue weighted by molar-refractivity contribution is 6.35. The van der Waals surface area contributed by atoms with Gasteiger partial charge in [0.25, 0.3) is 5.56 Å². The van der Waals surface area contributed by atoms with Crippen LogP contribution in [0.15, 0.2) is 41.5 Å². The Morgan fingerprint density at radius 2 is 1.92 bits per heavy atom. The molecule has 3 heterocycles. The molecule has 0 spiro atoms. The highest BCUT2D eigenvalue weighted by atomic mass is 35.5. The number of carbonyl (C=O) groups is 1. The van der Waals surface area contributed by atoms with Gasteiger partial charge in [-0.05, 0) is 70.2 Å². The molecule has 39 heavy (non-hydrogen) atoms. The molecule has 3 aromatic heterocycles. The van der Waals surface area contributed by atoms with Gasteiger partial charge in [-0.25, -0.2) is 24.7 Å². The van der Waals surface area contributed by atoms with Crippen LogP contribution < -0.4 is 16.2 Å². The van der Waals surface area contributed by atoms with Crippen molar-refractivity contribution in [2.75, 3.05) is 11.9 Å². The monoisotopic (exact) mass is 569 g/mol. The summed E-state index contributed by atoms with van der Waals surface area (Å²) in [5.41, 5.74) is 0.872. The van der Waals surface area contributed by atoms with Gasteiger partial charge in [0.05, 0.1) is 27.5 Å². The minimum atomic E-state index is -0.597. The number of alkyl carbamates (subject to hydrolysis) is 1. The lowest BCUT2D eigenvalue weighted by Crippen LogP contribution is -2.34. The van der Waals surface area contributed by atoms with Crippen LogP contribution in [-0.4, -0.2) is 42.7 Å². The third kappa shape index (κ3) is 6.23. The van der Waals surface area contributed by atoms with E-state index < -0.39 is 11.7 Å². The molecular weight excluding hydrogens is 541 g/mol. The van der Waals surface area contributed by atoms with Crippen LogP contribution in [0.2, 0.25) is 10.2 Å². The van der Waals surface area contributed by atoms with Gasteiger partial charge in [0, 0.05) is 13.1 Å². The summed E-state index contributed by atoms with van der Waals surface area (Å²) in [6.45, 7) is 6.05. The van der Waals surface area contributed by atoms with Gasteiger partial charge in [-0.3, -0.25) is 9.36 Å². The zero-order chi connectivity index (χ0) is 27.7. The Kier molecular flexibility index (Phi) is 7.59. The second-order valence-corrected chi connectivity index (χ2v) is 11.3. The molecule has 2 N–H and O–H groups in total. The van der Waals surface area contributed by atoms with Gasteiger partial charge in [-0.15, -0.1) is 0 Å². The van der Waals surface area contributed by atoms with Gasteiger partial charge in [0.1, 0.15) is 28.4 Å². The molecule has 5 rings (SSSR count). The minimum Gasteiger partial charge on any atom is -0.444 e. The van der Waals surface area contributed by atoms with Gasteiger partial charge in [0.15, 0.2) is 5.82 Å². The molecule has 1 atom stereocenters. The van der Waals surface area contributed by atoms with Crippen LogP contribution in [0.5, 0.6) is 0 Å². The number of carbonyl (C=O) groups excluding carboxylic acids is 1. The van der Waals surface area contributed by atoms with Crippen molar-refractivity contribution in [2.24, 2.45) is 5.92 Å². The number of halogens is 2. The molecule has 1 saturated carbocycles. The molecule has 10 nitrogen and oxygen atoms in total. The van der Waals surface area contributed by atoms with Crippen LogP contribution in [0.3, 0.4) is 0 Å². The van der Waals surface area contributed by atoms with Crippen molar-refractivity contribution in [1.29, 1.82) is 0 Å². The van der Waals surface area contributed by atoms with Gasteiger partial charge >= 0.3 is 6.09 Å². The van der Waals surface area contributed by atoms with Crippen LogP contribution in [0.4, 0.5) is 10.6 Å². The first-order valence-electron chi connectivity index (χ1n) is 12.8. The largest absolute Gasteiger partial charge is 0.444 e. The maximum Gasteiger partial charge on any atom is 0.407 e. The molecule has 1 fully saturated rings. The van der Waals surface area contributed by atoms with E-state index in [0.29, 0.717) is 63.3 Å². The van der Waals surface area contributed by atoms with Crippen molar-refractivity contribution in [1.82, 2.24) is 29.8 Å². The number of benzene rings is 1. The van der Waals surface area contributed by atoms with Gasteiger partial charge < -0.3 is 15.4 Å². The molecule has 12 heteroatoms. The average Bonchev–Trinajstić information content (AvgIpc) is 3.70. The van der Waals surface area contributed by atoms with E-state index in [1.165, 1.54) is 6.33 Å². The fourth-order valence-corrected chi connectivity index (χ4v) is 4.83. The number of hydrogen-bond donors (Lipinski definition) is 2. The minimum absolute atomic E-state index is 0.237. The molecule has 0 radical (unpaired) electrons. The molecule has 0 aliphatic heterocycles. The maximum atomic E-state index is 13.8. The van der Waals surface area contributed by atoms with Crippen LogP contribution in [-0.2, 0) is 11.3 Å². The Balaban J connectivity index is 1.50. The quantitative estimate of drug-likeness (QED) is 0.210. The van der Waals surface area contributed by atoms with E-state index in [2.05, 4.69) is 25.6 Å². The molecule has 204 valence electrons. The van der Waals surface area contributed by atoms with Gasteiger partial charge in [0.2, 0.25) is 0 Å². The molecule has 0 saturated heterocycles. The predicted molar refractivity (Wildman–Crippen MR) is 151 cm³/mol. The fourth-order valence-electron chi connectivity index (χ4n) is 4.43. The van der Waals surface area contributed by atoms with E-state index in [1.807, 2.05) is 0 Å². The van der Waals surface area contributed by atoms with Crippen molar-refractivity contribution in [3.8, 4) is 0 Å². The van der Waals surface area contributed by atoms with Crippen LogP contribution in [0.25, 0.3) is 21.9 Å². The highest BCUT2D eigenvalue weighted by Gasteiger charge is 2.36. The van der Waals surface area contributed by atoms with Crippen molar-refractivity contribution in [3.63, 3.8) is 0 Å². The molecule has 4 aromatic rings. The number of ether oxygens (including phenoxy) is 1. The maximum absolute atomic E-state index is 13.8. The predicted octanol–water partition coefficient (Wildman–Crippen LogP) is 5.52. The summed E-state index contributed by atoms with van der Waals surface area (Å²) in [5.74, 6) is 1.32. The van der Waals surface area contributed by atoms with E-state index in [1.54, 1.807) is 55.7 Å². The summed E-state index contributed by atoms with van der Waals surface area (Å²) in [4.78, 5) is 44.0. The third-order valence-electron chi connectivity index (χ3n) is 6.30. The number of amides is 1. The number of pyridine rings is 1. The smallest absolute Gasteiger partial charge is 0.407 e. The van der Waals surface area contributed by atoms with Crippen molar-refractivity contribution < 1.29 is 9.53 Å². The second-order valence-electron chi connectivity index (χ2n) is 10.5. The molecule has 1 aliphatic rings. The number of nitrogens with zero attached hydrogens (tertiary/aromatic N) is 5.